The molecule has 0 N–H and O–H groups in total. The quantitative estimate of drug-likeness (QED) is 0.305. The first-order valence-electron chi connectivity index (χ1n) is 11.1. The van der Waals surface area contributed by atoms with Gasteiger partial charge in [0.2, 0.25) is 0 Å². The molecule has 2 rings (SSSR count). The lowest BCUT2D eigenvalue weighted by atomic mass is 9.75. The highest BCUT2D eigenvalue weighted by Crippen LogP contribution is 2.36. The van der Waals surface area contributed by atoms with Gasteiger partial charge in [0.05, 0.1) is 0 Å². The number of unbranched alkanes of at least 4 members (excludes halogenated alkanes) is 5. The largest absolute Gasteiger partial charge is 0.303 e. The molecule has 0 bridgehead atoms. The molecule has 140 valence electrons. The van der Waals surface area contributed by atoms with E-state index in [4.69, 9.17) is 0 Å². The summed E-state index contributed by atoms with van der Waals surface area (Å²) in [4.78, 5) is 11.1. The van der Waals surface area contributed by atoms with Gasteiger partial charge in [-0.3, -0.25) is 0 Å². The van der Waals surface area contributed by atoms with E-state index >= 15 is 0 Å². The third-order valence-corrected chi connectivity index (χ3v) is 6.86. The highest BCUT2D eigenvalue weighted by atomic mass is 16.1. The van der Waals surface area contributed by atoms with Crippen molar-refractivity contribution in [2.24, 2.45) is 29.6 Å². The summed E-state index contributed by atoms with van der Waals surface area (Å²) in [5.74, 6) is 4.06. The minimum absolute atomic E-state index is 0.388. The Hall–Kier alpha value is -0.330. The Morgan fingerprint density at radius 2 is 1.33 bits per heavy atom. The fourth-order valence-corrected chi connectivity index (χ4v) is 5.67. The molecule has 2 fully saturated rings. The molecule has 0 aromatic heterocycles. The molecule has 24 heavy (non-hydrogen) atoms. The van der Waals surface area contributed by atoms with Gasteiger partial charge in [-0.2, -0.15) is 0 Å². The van der Waals surface area contributed by atoms with Crippen LogP contribution in [0.1, 0.15) is 110 Å². The second-order valence-electron chi connectivity index (χ2n) is 9.33. The maximum absolute atomic E-state index is 11.1. The molecular weight excluding hydrogens is 292 g/mol. The molecule has 2 aliphatic rings. The topological polar surface area (TPSA) is 17.1 Å². The van der Waals surface area contributed by atoms with Gasteiger partial charge in [0.25, 0.3) is 0 Å². The fraction of sp³-hybridized carbons (Fsp3) is 0.957. The molecule has 0 saturated heterocycles. The van der Waals surface area contributed by atoms with Crippen LogP contribution in [-0.4, -0.2) is 6.29 Å². The van der Waals surface area contributed by atoms with Gasteiger partial charge in [0.1, 0.15) is 6.29 Å². The van der Waals surface area contributed by atoms with Crippen LogP contribution in [0.15, 0.2) is 0 Å². The second-order valence-corrected chi connectivity index (χ2v) is 9.33. The van der Waals surface area contributed by atoms with Gasteiger partial charge in [0.15, 0.2) is 0 Å². The summed E-state index contributed by atoms with van der Waals surface area (Å²) in [5, 5.41) is 0. The molecule has 1 heteroatoms. The average Bonchev–Trinajstić information content (AvgIpc) is 2.56. The summed E-state index contributed by atoms with van der Waals surface area (Å²) in [6.45, 7) is 4.90. The van der Waals surface area contributed by atoms with Gasteiger partial charge in [-0.15, -0.1) is 0 Å². The van der Waals surface area contributed by atoms with E-state index in [9.17, 15) is 4.79 Å². The van der Waals surface area contributed by atoms with Crippen LogP contribution in [0.2, 0.25) is 0 Å². The molecule has 4 atom stereocenters. The SMILES string of the molecule is CC1CC(C)CC(CCCCCCCCC2CCCCC2C=O)C1. The Balaban J connectivity index is 1.43. The van der Waals surface area contributed by atoms with Crippen LogP contribution in [0.3, 0.4) is 0 Å². The third kappa shape index (κ3) is 7.28. The van der Waals surface area contributed by atoms with Gasteiger partial charge in [-0.1, -0.05) is 71.6 Å². The minimum Gasteiger partial charge on any atom is -0.303 e. The standard InChI is InChI=1S/C23H42O/c1-19-15-20(2)17-21(16-19)11-7-5-3-4-6-8-12-22-13-9-10-14-23(22)18-24/h18-23H,3-17H2,1-2H3. The molecule has 0 heterocycles. The predicted octanol–water partition coefficient (Wildman–Crippen LogP) is 7.18. The lowest BCUT2D eigenvalue weighted by Gasteiger charge is -2.31. The highest BCUT2D eigenvalue weighted by molar-refractivity contribution is 5.54. The number of hydrogen-bond donors (Lipinski definition) is 0. The first-order chi connectivity index (χ1) is 11.7. The Bertz CT molecular complexity index is 327. The van der Waals surface area contributed by atoms with Crippen LogP contribution in [0.4, 0.5) is 0 Å². The summed E-state index contributed by atoms with van der Waals surface area (Å²) < 4.78 is 0. The van der Waals surface area contributed by atoms with E-state index in [-0.39, 0.29) is 0 Å². The maximum Gasteiger partial charge on any atom is 0.123 e. The number of aldehydes is 1. The zero-order chi connectivity index (χ0) is 17.2. The van der Waals surface area contributed by atoms with Gasteiger partial charge in [-0.05, 0) is 62.2 Å². The molecular formula is C23H42O. The van der Waals surface area contributed by atoms with E-state index < -0.39 is 0 Å². The summed E-state index contributed by atoms with van der Waals surface area (Å²) in [7, 11) is 0. The van der Waals surface area contributed by atoms with E-state index in [2.05, 4.69) is 13.8 Å². The predicted molar refractivity (Wildman–Crippen MR) is 104 cm³/mol. The fourth-order valence-electron chi connectivity index (χ4n) is 5.67. The van der Waals surface area contributed by atoms with E-state index in [0.29, 0.717) is 11.8 Å². The van der Waals surface area contributed by atoms with E-state index in [1.807, 2.05) is 0 Å². The van der Waals surface area contributed by atoms with Gasteiger partial charge in [-0.25, -0.2) is 0 Å². The van der Waals surface area contributed by atoms with Crippen LogP contribution in [0.5, 0.6) is 0 Å². The van der Waals surface area contributed by atoms with Crippen molar-refractivity contribution in [3.8, 4) is 0 Å². The maximum atomic E-state index is 11.1. The first-order valence-corrected chi connectivity index (χ1v) is 11.1. The molecule has 0 aliphatic heterocycles. The Morgan fingerprint density at radius 3 is 2.00 bits per heavy atom. The van der Waals surface area contributed by atoms with Crippen molar-refractivity contribution in [2.45, 2.75) is 110 Å². The molecule has 4 unspecified atom stereocenters. The second kappa shape index (κ2) is 11.3. The smallest absolute Gasteiger partial charge is 0.123 e. The summed E-state index contributed by atoms with van der Waals surface area (Å²) in [5.41, 5.74) is 0. The molecule has 0 aromatic rings. The van der Waals surface area contributed by atoms with Crippen LogP contribution in [0, 0.1) is 29.6 Å². The molecule has 2 saturated carbocycles. The number of rotatable bonds is 10. The van der Waals surface area contributed by atoms with Crippen molar-refractivity contribution in [2.75, 3.05) is 0 Å². The van der Waals surface area contributed by atoms with Crippen LogP contribution in [-0.2, 0) is 4.79 Å². The summed E-state index contributed by atoms with van der Waals surface area (Å²) >= 11 is 0. The monoisotopic (exact) mass is 334 g/mol. The molecule has 0 amide bonds. The molecule has 0 radical (unpaired) electrons. The van der Waals surface area contributed by atoms with E-state index in [1.165, 1.54) is 96.2 Å². The number of carbonyl (C=O) groups excluding carboxylic acids is 1. The minimum atomic E-state index is 0.388. The Morgan fingerprint density at radius 1 is 0.750 bits per heavy atom. The highest BCUT2D eigenvalue weighted by Gasteiger charge is 2.24. The van der Waals surface area contributed by atoms with Crippen molar-refractivity contribution in [1.29, 1.82) is 0 Å². The van der Waals surface area contributed by atoms with E-state index in [1.54, 1.807) is 0 Å². The van der Waals surface area contributed by atoms with Gasteiger partial charge < -0.3 is 4.79 Å². The Labute approximate surface area is 151 Å². The van der Waals surface area contributed by atoms with Crippen LogP contribution in [0.25, 0.3) is 0 Å². The number of carbonyl (C=O) groups is 1. The zero-order valence-corrected chi connectivity index (χ0v) is 16.5. The molecule has 2 aliphatic carbocycles. The van der Waals surface area contributed by atoms with Gasteiger partial charge >= 0.3 is 0 Å². The Kier molecular flexibility index (Phi) is 9.43. The molecule has 1 nitrogen and oxygen atoms in total. The van der Waals surface area contributed by atoms with Crippen molar-refractivity contribution >= 4 is 6.29 Å². The normalized spacial score (nSPS) is 34.2. The summed E-state index contributed by atoms with van der Waals surface area (Å²) in [6.07, 6.45) is 22.1. The molecule has 0 aromatic carbocycles. The zero-order valence-electron chi connectivity index (χ0n) is 16.5. The lowest BCUT2D eigenvalue weighted by Crippen LogP contribution is -2.20. The van der Waals surface area contributed by atoms with E-state index in [0.717, 1.165) is 24.2 Å². The van der Waals surface area contributed by atoms with Gasteiger partial charge in [0, 0.05) is 5.92 Å². The van der Waals surface area contributed by atoms with Crippen LogP contribution < -0.4 is 0 Å². The lowest BCUT2D eigenvalue weighted by molar-refractivity contribution is -0.113. The van der Waals surface area contributed by atoms with Crippen molar-refractivity contribution in [3.05, 3.63) is 0 Å². The first kappa shape index (κ1) is 20.0. The van der Waals surface area contributed by atoms with Crippen molar-refractivity contribution < 1.29 is 4.79 Å². The summed E-state index contributed by atoms with van der Waals surface area (Å²) in [6, 6.07) is 0. The van der Waals surface area contributed by atoms with Crippen molar-refractivity contribution in [3.63, 3.8) is 0 Å². The molecule has 0 spiro atoms. The van der Waals surface area contributed by atoms with Crippen molar-refractivity contribution in [1.82, 2.24) is 0 Å². The number of hydrogen-bond acceptors (Lipinski definition) is 1. The average molecular weight is 335 g/mol. The third-order valence-electron chi connectivity index (χ3n) is 6.86. The van der Waals surface area contributed by atoms with Crippen LogP contribution >= 0.6 is 0 Å².